The molecule has 0 unspecified atom stereocenters. The third-order valence-corrected chi connectivity index (χ3v) is 3.95. The van der Waals surface area contributed by atoms with Crippen LogP contribution in [0.25, 0.3) is 11.0 Å². The minimum Gasteiger partial charge on any atom is -0.508 e. The van der Waals surface area contributed by atoms with E-state index >= 15 is 0 Å². The Balaban J connectivity index is 1.60. The molecule has 0 amide bonds. The molecule has 24 heavy (non-hydrogen) atoms. The van der Waals surface area contributed by atoms with Gasteiger partial charge in [-0.25, -0.2) is 0 Å². The summed E-state index contributed by atoms with van der Waals surface area (Å²) in [5, 5.41) is 32.3. The van der Waals surface area contributed by atoms with Gasteiger partial charge in [0.1, 0.15) is 5.75 Å². The van der Waals surface area contributed by atoms with Crippen LogP contribution in [-0.2, 0) is 5.75 Å². The molecule has 0 atom stereocenters. The number of nitrogens with two attached hydrogens (primary N) is 1. The van der Waals surface area contributed by atoms with Crippen molar-refractivity contribution in [2.45, 2.75) is 5.75 Å². The van der Waals surface area contributed by atoms with Crippen LogP contribution in [0.2, 0.25) is 0 Å². The second-order valence-electron chi connectivity index (χ2n) is 4.82. The van der Waals surface area contributed by atoms with E-state index in [0.29, 0.717) is 26.9 Å². The van der Waals surface area contributed by atoms with E-state index in [4.69, 9.17) is 5.73 Å². The van der Waals surface area contributed by atoms with Gasteiger partial charge in [0.25, 0.3) is 0 Å². The third kappa shape index (κ3) is 3.82. The average Bonchev–Trinajstić information content (AvgIpc) is 2.96. The highest BCUT2D eigenvalue weighted by atomic mass is 32.2. The molecule has 1 heterocycles. The molecule has 3 aromatic rings. The first-order valence-corrected chi connectivity index (χ1v) is 7.87. The van der Waals surface area contributed by atoms with Gasteiger partial charge >= 0.3 is 0 Å². The van der Waals surface area contributed by atoms with E-state index < -0.39 is 0 Å². The van der Waals surface area contributed by atoms with Gasteiger partial charge in [0.05, 0.1) is 6.21 Å². The number of phenolic OH excluding ortho intramolecular Hbond substituents is 1. The molecule has 1 aromatic heterocycles. The molecule has 0 fully saturated rings. The number of hydrogen-bond donors (Lipinski definition) is 2. The molecule has 0 saturated heterocycles. The number of hydrogen-bond acceptors (Lipinski definition) is 7. The zero-order valence-corrected chi connectivity index (χ0v) is 13.2. The van der Waals surface area contributed by atoms with Crippen molar-refractivity contribution in [2.75, 3.05) is 0 Å². The van der Waals surface area contributed by atoms with E-state index in [0.717, 1.165) is 11.1 Å². The number of nitrogens with zero attached hydrogens (tertiary/aromatic N) is 4. The third-order valence-electron chi connectivity index (χ3n) is 3.09. The second kappa shape index (κ2) is 7.01. The van der Waals surface area contributed by atoms with Crippen LogP contribution in [-0.4, -0.2) is 21.6 Å². The van der Waals surface area contributed by atoms with Gasteiger partial charge in [-0.2, -0.15) is 5.10 Å². The normalized spacial score (nSPS) is 12.2. The molecular formula is C15H13N5O3S. The van der Waals surface area contributed by atoms with Crippen molar-refractivity contribution in [3.05, 3.63) is 58.8 Å². The van der Waals surface area contributed by atoms with Gasteiger partial charge in [0, 0.05) is 10.9 Å². The highest BCUT2D eigenvalue weighted by Gasteiger charge is 2.09. The van der Waals surface area contributed by atoms with Crippen LogP contribution in [0.5, 0.6) is 5.75 Å². The van der Waals surface area contributed by atoms with Crippen molar-refractivity contribution < 1.29 is 14.6 Å². The molecule has 0 aliphatic carbocycles. The molecule has 0 spiro atoms. The summed E-state index contributed by atoms with van der Waals surface area (Å²) in [6.07, 6.45) is 1.54. The average molecular weight is 343 g/mol. The van der Waals surface area contributed by atoms with Crippen molar-refractivity contribution in [1.29, 1.82) is 0 Å². The Morgan fingerprint density at radius 2 is 2.12 bits per heavy atom. The van der Waals surface area contributed by atoms with Gasteiger partial charge in [-0.05, 0) is 52.4 Å². The Labute approximate surface area is 140 Å². The SMILES string of the molecule is N/C(=N\N=C\c1ccc(O)cc1)SCc1ccc2no[n+]([O-])c2c1. The lowest BCUT2D eigenvalue weighted by molar-refractivity contribution is -0.782. The number of rotatable bonds is 4. The standard InChI is InChI=1S/C15H13N5O3S/c16-15(18-17-8-10-1-4-12(21)5-2-10)24-9-11-3-6-13-14(7-11)20(22)23-19-13/h1-8,21H,9H2,(H2,16,18)/b17-8+. The summed E-state index contributed by atoms with van der Waals surface area (Å²) in [6, 6.07) is 11.8. The van der Waals surface area contributed by atoms with Gasteiger partial charge in [-0.15, -0.1) is 5.10 Å². The fourth-order valence-corrected chi connectivity index (χ4v) is 2.51. The second-order valence-corrected chi connectivity index (χ2v) is 5.81. The molecule has 8 nitrogen and oxygen atoms in total. The molecule has 3 rings (SSSR count). The number of phenols is 1. The summed E-state index contributed by atoms with van der Waals surface area (Å²) < 4.78 is 4.52. The van der Waals surface area contributed by atoms with E-state index in [1.54, 1.807) is 36.4 Å². The van der Waals surface area contributed by atoms with E-state index in [2.05, 4.69) is 20.0 Å². The molecule has 9 heteroatoms. The molecule has 0 bridgehead atoms. The molecule has 3 N–H and O–H groups in total. The first kappa shape index (κ1) is 15.8. The molecule has 0 aliphatic rings. The summed E-state index contributed by atoms with van der Waals surface area (Å²) in [6.45, 7) is 0. The van der Waals surface area contributed by atoms with Crippen LogP contribution in [0, 0.1) is 5.21 Å². The zero-order valence-electron chi connectivity index (χ0n) is 12.4. The largest absolute Gasteiger partial charge is 0.508 e. The molecular weight excluding hydrogens is 330 g/mol. The number of fused-ring (bicyclic) bond motifs is 1. The number of thioether (sulfide) groups is 1. The van der Waals surface area contributed by atoms with Crippen LogP contribution < -0.4 is 10.6 Å². The Morgan fingerprint density at radius 1 is 1.33 bits per heavy atom. The van der Waals surface area contributed by atoms with E-state index in [1.807, 2.05) is 6.07 Å². The maximum absolute atomic E-state index is 11.4. The van der Waals surface area contributed by atoms with E-state index in [1.165, 1.54) is 18.0 Å². The van der Waals surface area contributed by atoms with Crippen molar-refractivity contribution in [2.24, 2.45) is 15.9 Å². The van der Waals surface area contributed by atoms with Gasteiger partial charge in [-0.1, -0.05) is 17.8 Å². The summed E-state index contributed by atoms with van der Waals surface area (Å²) in [4.78, 5) is 0.364. The summed E-state index contributed by atoms with van der Waals surface area (Å²) in [5.74, 6) is 0.723. The lowest BCUT2D eigenvalue weighted by Gasteiger charge is -1.99. The van der Waals surface area contributed by atoms with Gasteiger partial charge in [0.15, 0.2) is 5.17 Å². The van der Waals surface area contributed by atoms with Gasteiger partial charge in [0.2, 0.25) is 11.0 Å². The molecule has 122 valence electrons. The molecule has 0 radical (unpaired) electrons. The predicted molar refractivity (Wildman–Crippen MR) is 91.6 cm³/mol. The molecule has 2 aromatic carbocycles. The highest BCUT2D eigenvalue weighted by Crippen LogP contribution is 2.16. The monoisotopic (exact) mass is 343 g/mol. The first-order chi connectivity index (χ1) is 11.6. The Hall–Kier alpha value is -3.07. The molecule has 0 saturated carbocycles. The number of aromatic hydroxyl groups is 1. The minimum atomic E-state index is 0.190. The fourth-order valence-electron chi connectivity index (χ4n) is 1.91. The zero-order chi connectivity index (χ0) is 16.9. The van der Waals surface area contributed by atoms with Crippen molar-refractivity contribution in [3.8, 4) is 5.75 Å². The van der Waals surface area contributed by atoms with Crippen molar-refractivity contribution >= 4 is 34.2 Å². The summed E-state index contributed by atoms with van der Waals surface area (Å²) in [5.41, 5.74) is 8.35. The van der Waals surface area contributed by atoms with E-state index in [-0.39, 0.29) is 5.75 Å². The topological polar surface area (TPSA) is 124 Å². The van der Waals surface area contributed by atoms with Crippen LogP contribution >= 0.6 is 11.8 Å². The Bertz CT molecular complexity index is 905. The van der Waals surface area contributed by atoms with E-state index in [9.17, 15) is 10.3 Å². The quantitative estimate of drug-likeness (QED) is 0.322. The summed E-state index contributed by atoms with van der Waals surface area (Å²) >= 11 is 1.30. The minimum absolute atomic E-state index is 0.190. The first-order valence-electron chi connectivity index (χ1n) is 6.88. The Morgan fingerprint density at radius 3 is 2.92 bits per heavy atom. The van der Waals surface area contributed by atoms with Crippen LogP contribution in [0.15, 0.2) is 57.3 Å². The summed E-state index contributed by atoms with van der Waals surface area (Å²) in [7, 11) is 0. The maximum Gasteiger partial charge on any atom is 0.248 e. The fraction of sp³-hybridized carbons (Fsp3) is 0.0667. The van der Waals surface area contributed by atoms with Crippen LogP contribution in [0.3, 0.4) is 0 Å². The van der Waals surface area contributed by atoms with Gasteiger partial charge in [-0.3, -0.25) is 4.63 Å². The van der Waals surface area contributed by atoms with Crippen molar-refractivity contribution in [3.63, 3.8) is 0 Å². The number of benzene rings is 2. The number of amidine groups is 1. The number of aromatic nitrogens is 2. The smallest absolute Gasteiger partial charge is 0.248 e. The molecule has 0 aliphatic heterocycles. The predicted octanol–water partition coefficient (Wildman–Crippen LogP) is 1.75. The van der Waals surface area contributed by atoms with Crippen molar-refractivity contribution in [1.82, 2.24) is 5.16 Å². The van der Waals surface area contributed by atoms with Crippen LogP contribution in [0.1, 0.15) is 11.1 Å². The Kier molecular flexibility index (Phi) is 4.62. The van der Waals surface area contributed by atoms with Gasteiger partial charge < -0.3 is 16.0 Å². The highest BCUT2D eigenvalue weighted by molar-refractivity contribution is 8.13. The lowest BCUT2D eigenvalue weighted by atomic mass is 10.2. The van der Waals surface area contributed by atoms with Crippen LogP contribution in [0.4, 0.5) is 0 Å². The lowest BCUT2D eigenvalue weighted by Crippen LogP contribution is -2.22. The maximum atomic E-state index is 11.4.